The third-order valence-corrected chi connectivity index (χ3v) is 5.46. The van der Waals surface area contributed by atoms with E-state index in [2.05, 4.69) is 4.90 Å². The number of rotatable bonds is 4. The topological polar surface area (TPSA) is 49.9 Å². The number of halogens is 1. The lowest BCUT2D eigenvalue weighted by Gasteiger charge is -2.36. The molecule has 6 heteroatoms. The second kappa shape index (κ2) is 8.53. The number of piperazine rings is 1. The van der Waals surface area contributed by atoms with Crippen molar-refractivity contribution in [3.05, 3.63) is 77.3 Å². The number of hydrogen-bond acceptors (Lipinski definition) is 4. The van der Waals surface area contributed by atoms with E-state index in [4.69, 9.17) is 16.3 Å². The molecule has 1 fully saturated rings. The fraction of sp³-hybridized carbons (Fsp3) is 0.217. The highest BCUT2D eigenvalue weighted by atomic mass is 35.5. The predicted molar refractivity (Wildman–Crippen MR) is 114 cm³/mol. The Hall–Kier alpha value is -3.05. The molecule has 29 heavy (non-hydrogen) atoms. The van der Waals surface area contributed by atoms with Crippen LogP contribution in [0.4, 0.5) is 5.69 Å². The molecule has 0 radical (unpaired) electrons. The van der Waals surface area contributed by atoms with Gasteiger partial charge in [0.2, 0.25) is 0 Å². The minimum absolute atomic E-state index is 0.182. The fourth-order valence-corrected chi connectivity index (χ4v) is 3.78. The summed E-state index contributed by atoms with van der Waals surface area (Å²) in [4.78, 5) is 28.7. The van der Waals surface area contributed by atoms with Crippen LogP contribution in [0.15, 0.2) is 66.7 Å². The molecule has 1 saturated heterocycles. The molecule has 1 aliphatic rings. The molecule has 0 aromatic heterocycles. The lowest BCUT2D eigenvalue weighted by molar-refractivity contribution is -0.134. The Morgan fingerprint density at radius 1 is 0.862 bits per heavy atom. The zero-order chi connectivity index (χ0) is 20.2. The van der Waals surface area contributed by atoms with Crippen LogP contribution < -0.4 is 4.90 Å². The first-order chi connectivity index (χ1) is 14.1. The summed E-state index contributed by atoms with van der Waals surface area (Å²) in [6.45, 7) is 2.26. The number of fused-ring (bicyclic) bond motifs is 1. The van der Waals surface area contributed by atoms with Gasteiger partial charge < -0.3 is 14.5 Å². The van der Waals surface area contributed by atoms with Gasteiger partial charge in [0.05, 0.1) is 16.3 Å². The summed E-state index contributed by atoms with van der Waals surface area (Å²) < 4.78 is 5.26. The number of carbonyl (C=O) groups is 2. The molecule has 0 atom stereocenters. The van der Waals surface area contributed by atoms with Gasteiger partial charge >= 0.3 is 5.97 Å². The lowest BCUT2D eigenvalue weighted by Crippen LogP contribution is -2.50. The second-order valence-corrected chi connectivity index (χ2v) is 7.36. The summed E-state index contributed by atoms with van der Waals surface area (Å²) in [6.07, 6.45) is 0. The van der Waals surface area contributed by atoms with Crippen LogP contribution in [0.5, 0.6) is 0 Å². The van der Waals surface area contributed by atoms with Gasteiger partial charge in [-0.2, -0.15) is 0 Å². The number of carbonyl (C=O) groups excluding carboxylic acids is 2. The maximum Gasteiger partial charge on any atom is 0.338 e. The van der Waals surface area contributed by atoms with Crippen molar-refractivity contribution in [2.24, 2.45) is 0 Å². The zero-order valence-electron chi connectivity index (χ0n) is 15.9. The molecular weight excluding hydrogens is 388 g/mol. The van der Waals surface area contributed by atoms with Gasteiger partial charge in [-0.1, -0.05) is 54.1 Å². The quantitative estimate of drug-likeness (QED) is 0.612. The van der Waals surface area contributed by atoms with Crippen LogP contribution in [0.1, 0.15) is 10.4 Å². The van der Waals surface area contributed by atoms with E-state index in [0.717, 1.165) is 16.5 Å². The summed E-state index contributed by atoms with van der Waals surface area (Å²) in [5.74, 6) is -0.670. The van der Waals surface area contributed by atoms with E-state index in [-0.39, 0.29) is 12.5 Å². The summed E-state index contributed by atoms with van der Waals surface area (Å²) in [7, 11) is 0. The van der Waals surface area contributed by atoms with Crippen molar-refractivity contribution in [1.29, 1.82) is 0 Å². The van der Waals surface area contributed by atoms with Gasteiger partial charge in [-0.25, -0.2) is 4.79 Å². The Kier molecular flexibility index (Phi) is 5.67. The first-order valence-corrected chi connectivity index (χ1v) is 9.93. The molecule has 0 bridgehead atoms. The Balaban J connectivity index is 1.30. The number of amides is 1. The van der Waals surface area contributed by atoms with E-state index >= 15 is 0 Å². The van der Waals surface area contributed by atoms with E-state index < -0.39 is 5.97 Å². The van der Waals surface area contributed by atoms with Gasteiger partial charge in [-0.3, -0.25) is 4.79 Å². The third-order valence-electron chi connectivity index (χ3n) is 5.14. The minimum Gasteiger partial charge on any atom is -0.452 e. The third kappa shape index (κ3) is 4.35. The fourth-order valence-electron chi connectivity index (χ4n) is 3.52. The normalized spacial score (nSPS) is 14.1. The van der Waals surface area contributed by atoms with Crippen molar-refractivity contribution >= 4 is 39.9 Å². The summed E-state index contributed by atoms with van der Waals surface area (Å²) in [5, 5.41) is 2.72. The average Bonchev–Trinajstić information content (AvgIpc) is 2.77. The number of para-hydroxylation sites is 1. The maximum atomic E-state index is 12.5. The molecule has 4 rings (SSSR count). The number of ether oxygens (including phenoxy) is 1. The molecule has 0 spiro atoms. The average molecular weight is 409 g/mol. The Morgan fingerprint density at radius 2 is 1.55 bits per heavy atom. The monoisotopic (exact) mass is 408 g/mol. The highest BCUT2D eigenvalue weighted by Crippen LogP contribution is 2.26. The molecule has 0 aliphatic carbocycles. The smallest absolute Gasteiger partial charge is 0.338 e. The van der Waals surface area contributed by atoms with Gasteiger partial charge in [0.25, 0.3) is 5.91 Å². The first kappa shape index (κ1) is 19.3. The summed E-state index contributed by atoms with van der Waals surface area (Å²) in [6, 6.07) is 20.9. The van der Waals surface area contributed by atoms with E-state index in [0.29, 0.717) is 36.8 Å². The summed E-state index contributed by atoms with van der Waals surface area (Å²) in [5.41, 5.74) is 1.42. The maximum absolute atomic E-state index is 12.5. The number of esters is 1. The van der Waals surface area contributed by atoms with Gasteiger partial charge in [0, 0.05) is 26.2 Å². The first-order valence-electron chi connectivity index (χ1n) is 9.55. The molecule has 0 saturated carbocycles. The molecule has 5 nitrogen and oxygen atoms in total. The number of hydrogen-bond donors (Lipinski definition) is 0. The molecule has 0 N–H and O–H groups in total. The zero-order valence-corrected chi connectivity index (χ0v) is 16.6. The minimum atomic E-state index is -0.487. The Labute approximate surface area is 174 Å². The van der Waals surface area contributed by atoms with Crippen LogP contribution in [0.25, 0.3) is 10.8 Å². The molecule has 1 aliphatic heterocycles. The molecule has 3 aromatic rings. The van der Waals surface area contributed by atoms with Gasteiger partial charge in [0.15, 0.2) is 6.61 Å². The second-order valence-electron chi connectivity index (χ2n) is 6.96. The van der Waals surface area contributed by atoms with Crippen LogP contribution in [0.3, 0.4) is 0 Å². The molecule has 3 aromatic carbocycles. The van der Waals surface area contributed by atoms with Crippen molar-refractivity contribution in [2.45, 2.75) is 0 Å². The molecule has 1 heterocycles. The highest BCUT2D eigenvalue weighted by Gasteiger charge is 2.23. The predicted octanol–water partition coefficient (Wildman–Crippen LogP) is 4.00. The Bertz CT molecular complexity index is 1040. The standard InChI is InChI=1S/C23H21ClN2O3/c24-20-7-3-4-8-21(20)25-11-13-26(14-12-25)22(27)16-29-23(28)19-10-9-17-5-1-2-6-18(17)15-19/h1-10,15H,11-14,16H2. The number of anilines is 1. The molecule has 148 valence electrons. The van der Waals surface area contributed by atoms with Gasteiger partial charge in [-0.15, -0.1) is 0 Å². The van der Waals surface area contributed by atoms with Crippen molar-refractivity contribution < 1.29 is 14.3 Å². The highest BCUT2D eigenvalue weighted by molar-refractivity contribution is 6.33. The van der Waals surface area contributed by atoms with Crippen molar-refractivity contribution in [3.63, 3.8) is 0 Å². The van der Waals surface area contributed by atoms with Crippen molar-refractivity contribution in [3.8, 4) is 0 Å². The van der Waals surface area contributed by atoms with Crippen molar-refractivity contribution in [2.75, 3.05) is 37.7 Å². The number of nitrogens with zero attached hydrogens (tertiary/aromatic N) is 2. The molecule has 1 amide bonds. The van der Waals surface area contributed by atoms with E-state index in [1.807, 2.05) is 54.6 Å². The lowest BCUT2D eigenvalue weighted by atomic mass is 10.1. The number of benzene rings is 3. The van der Waals surface area contributed by atoms with E-state index in [1.54, 1.807) is 17.0 Å². The Morgan fingerprint density at radius 3 is 2.31 bits per heavy atom. The van der Waals surface area contributed by atoms with Gasteiger partial charge in [0.1, 0.15) is 0 Å². The SMILES string of the molecule is O=C(OCC(=O)N1CCN(c2ccccc2Cl)CC1)c1ccc2ccccc2c1. The van der Waals surface area contributed by atoms with Crippen LogP contribution in [-0.2, 0) is 9.53 Å². The van der Waals surface area contributed by atoms with Crippen LogP contribution in [-0.4, -0.2) is 49.6 Å². The van der Waals surface area contributed by atoms with Crippen LogP contribution >= 0.6 is 11.6 Å². The van der Waals surface area contributed by atoms with Gasteiger partial charge in [-0.05, 0) is 35.0 Å². The van der Waals surface area contributed by atoms with E-state index in [9.17, 15) is 9.59 Å². The molecule has 0 unspecified atom stereocenters. The molecular formula is C23H21ClN2O3. The van der Waals surface area contributed by atoms with Crippen molar-refractivity contribution in [1.82, 2.24) is 4.90 Å². The van der Waals surface area contributed by atoms with Crippen LogP contribution in [0.2, 0.25) is 5.02 Å². The largest absolute Gasteiger partial charge is 0.452 e. The van der Waals surface area contributed by atoms with Crippen LogP contribution in [0, 0.1) is 0 Å². The van der Waals surface area contributed by atoms with E-state index in [1.165, 1.54) is 0 Å². The summed E-state index contributed by atoms with van der Waals surface area (Å²) >= 11 is 6.26.